The molecule has 3 aromatic rings. The SMILES string of the molecule is C[C@@H]1S[C@H](c2ccc(Cl)c(Cl)c2)N(c2ccc(Oc3ccccc3)cc2)C1=O. The monoisotopic (exact) mass is 429 g/mol. The van der Waals surface area contributed by atoms with Crippen LogP contribution in [0.2, 0.25) is 10.0 Å². The van der Waals surface area contributed by atoms with Crippen LogP contribution >= 0.6 is 35.0 Å². The molecule has 1 amide bonds. The summed E-state index contributed by atoms with van der Waals surface area (Å²) in [7, 11) is 0. The number of hydrogen-bond donors (Lipinski definition) is 0. The lowest BCUT2D eigenvalue weighted by Gasteiger charge is -2.24. The average Bonchev–Trinajstić information content (AvgIpc) is 3.00. The molecule has 0 saturated carbocycles. The van der Waals surface area contributed by atoms with E-state index in [1.165, 1.54) is 0 Å². The van der Waals surface area contributed by atoms with Gasteiger partial charge in [0.2, 0.25) is 5.91 Å². The molecule has 0 aliphatic carbocycles. The van der Waals surface area contributed by atoms with E-state index in [1.807, 2.05) is 73.7 Å². The molecule has 1 aliphatic heterocycles. The number of carbonyl (C=O) groups is 1. The fourth-order valence-electron chi connectivity index (χ4n) is 3.08. The molecule has 4 rings (SSSR count). The van der Waals surface area contributed by atoms with Gasteiger partial charge >= 0.3 is 0 Å². The highest BCUT2D eigenvalue weighted by Crippen LogP contribution is 2.46. The summed E-state index contributed by atoms with van der Waals surface area (Å²) < 4.78 is 5.84. The molecule has 1 aliphatic rings. The van der Waals surface area contributed by atoms with E-state index in [-0.39, 0.29) is 16.5 Å². The normalized spacial score (nSPS) is 19.1. The van der Waals surface area contributed by atoms with Crippen molar-refractivity contribution >= 4 is 46.6 Å². The van der Waals surface area contributed by atoms with Crippen LogP contribution in [0, 0.1) is 0 Å². The van der Waals surface area contributed by atoms with Crippen LogP contribution in [-0.2, 0) is 4.79 Å². The van der Waals surface area contributed by atoms with Gasteiger partial charge in [0.1, 0.15) is 16.9 Å². The number of carbonyl (C=O) groups excluding carboxylic acids is 1. The molecule has 0 aromatic heterocycles. The molecule has 1 saturated heterocycles. The van der Waals surface area contributed by atoms with Gasteiger partial charge in [-0.25, -0.2) is 0 Å². The molecule has 142 valence electrons. The smallest absolute Gasteiger partial charge is 0.241 e. The summed E-state index contributed by atoms with van der Waals surface area (Å²) in [6, 6.07) is 22.6. The van der Waals surface area contributed by atoms with Crippen molar-refractivity contribution in [2.45, 2.75) is 17.5 Å². The van der Waals surface area contributed by atoms with E-state index >= 15 is 0 Å². The molecular formula is C22H17Cl2NO2S. The maximum absolute atomic E-state index is 12.8. The summed E-state index contributed by atoms with van der Waals surface area (Å²) in [5.41, 5.74) is 1.76. The van der Waals surface area contributed by atoms with Gasteiger partial charge in [-0.3, -0.25) is 9.69 Å². The van der Waals surface area contributed by atoms with Crippen LogP contribution in [0.25, 0.3) is 0 Å². The molecule has 2 atom stereocenters. The Morgan fingerprint density at radius 1 is 0.893 bits per heavy atom. The third kappa shape index (κ3) is 3.86. The van der Waals surface area contributed by atoms with Gasteiger partial charge in [0, 0.05) is 5.69 Å². The second-order valence-electron chi connectivity index (χ2n) is 6.42. The second-order valence-corrected chi connectivity index (χ2v) is 8.66. The molecule has 3 aromatic carbocycles. The van der Waals surface area contributed by atoms with Gasteiger partial charge in [-0.05, 0) is 61.0 Å². The minimum absolute atomic E-state index is 0.0674. The van der Waals surface area contributed by atoms with Crippen LogP contribution in [0.15, 0.2) is 72.8 Å². The lowest BCUT2D eigenvalue weighted by molar-refractivity contribution is -0.117. The number of hydrogen-bond acceptors (Lipinski definition) is 3. The highest BCUT2D eigenvalue weighted by atomic mass is 35.5. The molecule has 1 heterocycles. The maximum atomic E-state index is 12.8. The van der Waals surface area contributed by atoms with Crippen molar-refractivity contribution in [2.75, 3.05) is 4.90 Å². The quantitative estimate of drug-likeness (QED) is 0.449. The Hall–Kier alpha value is -2.14. The average molecular weight is 430 g/mol. The molecule has 0 bridgehead atoms. The van der Waals surface area contributed by atoms with Crippen LogP contribution in [-0.4, -0.2) is 11.2 Å². The summed E-state index contributed by atoms with van der Waals surface area (Å²) in [5, 5.41) is 0.693. The number of ether oxygens (including phenoxy) is 1. The number of rotatable bonds is 4. The number of halogens is 2. The van der Waals surface area contributed by atoms with Crippen molar-refractivity contribution in [2.24, 2.45) is 0 Å². The zero-order chi connectivity index (χ0) is 19.7. The first-order valence-electron chi connectivity index (χ1n) is 8.79. The van der Waals surface area contributed by atoms with E-state index in [9.17, 15) is 4.79 Å². The molecule has 3 nitrogen and oxygen atoms in total. The molecule has 28 heavy (non-hydrogen) atoms. The molecule has 0 radical (unpaired) electrons. The van der Waals surface area contributed by atoms with Crippen LogP contribution in [0.5, 0.6) is 11.5 Å². The Morgan fingerprint density at radius 2 is 1.57 bits per heavy atom. The van der Waals surface area contributed by atoms with Crippen LogP contribution in [0.1, 0.15) is 17.9 Å². The number of amides is 1. The van der Waals surface area contributed by atoms with Gasteiger partial charge in [0.05, 0.1) is 15.3 Å². The van der Waals surface area contributed by atoms with E-state index in [4.69, 9.17) is 27.9 Å². The summed E-state index contributed by atoms with van der Waals surface area (Å²) in [6.45, 7) is 1.92. The fraction of sp³-hybridized carbons (Fsp3) is 0.136. The Bertz CT molecular complexity index is 995. The van der Waals surface area contributed by atoms with E-state index in [0.29, 0.717) is 15.8 Å². The first kappa shape index (κ1) is 19.2. The summed E-state index contributed by atoms with van der Waals surface area (Å²) in [5.74, 6) is 1.55. The molecule has 0 unspecified atom stereocenters. The number of anilines is 1. The molecule has 1 fully saturated rings. The van der Waals surface area contributed by atoms with Gasteiger partial charge in [0.15, 0.2) is 0 Å². The minimum atomic E-state index is -0.154. The Labute approximate surface area is 178 Å². The van der Waals surface area contributed by atoms with E-state index < -0.39 is 0 Å². The Balaban J connectivity index is 1.61. The van der Waals surface area contributed by atoms with Crippen LogP contribution in [0.3, 0.4) is 0 Å². The third-order valence-electron chi connectivity index (χ3n) is 4.48. The molecular weight excluding hydrogens is 413 g/mol. The Morgan fingerprint density at radius 3 is 2.25 bits per heavy atom. The van der Waals surface area contributed by atoms with E-state index in [0.717, 1.165) is 17.0 Å². The lowest BCUT2D eigenvalue weighted by Crippen LogP contribution is -2.30. The topological polar surface area (TPSA) is 29.5 Å². The zero-order valence-corrected chi connectivity index (χ0v) is 17.3. The highest BCUT2D eigenvalue weighted by molar-refractivity contribution is 8.01. The third-order valence-corrected chi connectivity index (χ3v) is 6.57. The van der Waals surface area contributed by atoms with Crippen molar-refractivity contribution in [3.8, 4) is 11.5 Å². The molecule has 0 N–H and O–H groups in total. The van der Waals surface area contributed by atoms with Gasteiger partial charge in [-0.15, -0.1) is 11.8 Å². The molecule has 0 spiro atoms. The highest BCUT2D eigenvalue weighted by Gasteiger charge is 2.39. The second kappa shape index (κ2) is 8.08. The number of thioether (sulfide) groups is 1. The number of para-hydroxylation sites is 1. The fourth-order valence-corrected chi connectivity index (χ4v) is 4.65. The van der Waals surface area contributed by atoms with Crippen molar-refractivity contribution < 1.29 is 9.53 Å². The van der Waals surface area contributed by atoms with Gasteiger partial charge < -0.3 is 4.74 Å². The van der Waals surface area contributed by atoms with Crippen LogP contribution < -0.4 is 9.64 Å². The van der Waals surface area contributed by atoms with Crippen molar-refractivity contribution in [3.05, 3.63) is 88.4 Å². The summed E-state index contributed by atoms with van der Waals surface area (Å²) in [4.78, 5) is 14.6. The van der Waals surface area contributed by atoms with Crippen molar-refractivity contribution in [1.29, 1.82) is 0 Å². The van der Waals surface area contributed by atoms with Crippen molar-refractivity contribution in [3.63, 3.8) is 0 Å². The van der Waals surface area contributed by atoms with Gasteiger partial charge in [0.25, 0.3) is 0 Å². The maximum Gasteiger partial charge on any atom is 0.241 e. The van der Waals surface area contributed by atoms with E-state index in [2.05, 4.69) is 0 Å². The Kier molecular flexibility index (Phi) is 5.54. The zero-order valence-electron chi connectivity index (χ0n) is 15.0. The molecule has 6 heteroatoms. The van der Waals surface area contributed by atoms with Gasteiger partial charge in [-0.1, -0.05) is 47.5 Å². The lowest BCUT2D eigenvalue weighted by atomic mass is 10.1. The first-order chi connectivity index (χ1) is 13.5. The standard InChI is InChI=1S/C22H17Cl2NO2S/c1-14-21(26)25(22(28-14)15-7-12-19(23)20(24)13-15)16-8-10-18(11-9-16)27-17-5-3-2-4-6-17/h2-14,22H,1H3/t14-,22+/m0/s1. The summed E-state index contributed by atoms with van der Waals surface area (Å²) in [6.07, 6.45) is 0. The predicted molar refractivity (Wildman–Crippen MR) is 117 cm³/mol. The number of nitrogens with zero attached hydrogens (tertiary/aromatic N) is 1. The van der Waals surface area contributed by atoms with Crippen molar-refractivity contribution in [1.82, 2.24) is 0 Å². The van der Waals surface area contributed by atoms with Gasteiger partial charge in [-0.2, -0.15) is 0 Å². The first-order valence-corrected chi connectivity index (χ1v) is 10.5. The largest absolute Gasteiger partial charge is 0.457 e. The predicted octanol–water partition coefficient (Wildman–Crippen LogP) is 6.95. The minimum Gasteiger partial charge on any atom is -0.457 e. The summed E-state index contributed by atoms with van der Waals surface area (Å²) >= 11 is 13.8. The van der Waals surface area contributed by atoms with E-state index in [1.54, 1.807) is 22.7 Å². The number of benzene rings is 3. The van der Waals surface area contributed by atoms with Crippen LogP contribution in [0.4, 0.5) is 5.69 Å².